The Morgan fingerprint density at radius 3 is 2.76 bits per heavy atom. The van der Waals surface area contributed by atoms with Gasteiger partial charge >= 0.3 is 0 Å². The zero-order chi connectivity index (χ0) is 14.9. The first-order valence-electron chi connectivity index (χ1n) is 7.05. The van der Waals surface area contributed by atoms with Crippen LogP contribution in [0.25, 0.3) is 0 Å². The van der Waals surface area contributed by atoms with E-state index in [0.717, 1.165) is 25.5 Å². The van der Waals surface area contributed by atoms with Gasteiger partial charge in [0.05, 0.1) is 6.61 Å². The smallest absolute Gasteiger partial charge is 0.133 e. The Kier molecular flexibility index (Phi) is 6.12. The lowest BCUT2D eigenvalue weighted by atomic mass is 10.2. The van der Waals surface area contributed by atoms with E-state index in [0.29, 0.717) is 6.61 Å². The largest absolute Gasteiger partial charge is 0.383 e. The maximum atomic E-state index is 5.04. The molecule has 0 saturated carbocycles. The van der Waals surface area contributed by atoms with E-state index >= 15 is 0 Å². The Morgan fingerprint density at radius 2 is 2.00 bits per heavy atom. The van der Waals surface area contributed by atoms with E-state index in [9.17, 15) is 0 Å². The van der Waals surface area contributed by atoms with Crippen molar-refractivity contribution in [2.45, 2.75) is 13.1 Å². The molecule has 5 nitrogen and oxygen atoms in total. The van der Waals surface area contributed by atoms with Crippen molar-refractivity contribution in [3.63, 3.8) is 0 Å². The second kappa shape index (κ2) is 8.34. The number of anilines is 1. The lowest BCUT2D eigenvalue weighted by molar-refractivity contribution is 0.199. The summed E-state index contributed by atoms with van der Waals surface area (Å²) < 4.78 is 5.04. The number of methoxy groups -OCH3 is 1. The standard InChI is InChI=1S/C16H22N4O/c1-20(13-14-5-8-17-9-6-14)16-15(4-3-7-19-16)12-18-10-11-21-2/h3-9,18H,10-13H2,1-2H3. The average molecular weight is 286 g/mol. The fourth-order valence-electron chi connectivity index (χ4n) is 2.15. The molecular weight excluding hydrogens is 264 g/mol. The number of pyridine rings is 2. The van der Waals surface area contributed by atoms with Crippen LogP contribution in [0.5, 0.6) is 0 Å². The van der Waals surface area contributed by atoms with E-state index in [1.807, 2.05) is 36.8 Å². The van der Waals surface area contributed by atoms with Crippen molar-refractivity contribution in [3.05, 3.63) is 54.0 Å². The summed E-state index contributed by atoms with van der Waals surface area (Å²) in [5, 5.41) is 3.36. The van der Waals surface area contributed by atoms with Crippen LogP contribution in [0, 0.1) is 0 Å². The molecule has 0 saturated heterocycles. The van der Waals surface area contributed by atoms with Crippen LogP contribution in [-0.2, 0) is 17.8 Å². The molecule has 2 aromatic heterocycles. The lowest BCUT2D eigenvalue weighted by Gasteiger charge is -2.21. The number of nitrogens with zero attached hydrogens (tertiary/aromatic N) is 3. The fraction of sp³-hybridized carbons (Fsp3) is 0.375. The van der Waals surface area contributed by atoms with E-state index in [1.54, 1.807) is 7.11 Å². The summed E-state index contributed by atoms with van der Waals surface area (Å²) in [5.74, 6) is 0.999. The molecule has 0 fully saturated rings. The van der Waals surface area contributed by atoms with Crippen molar-refractivity contribution in [1.82, 2.24) is 15.3 Å². The minimum atomic E-state index is 0.711. The van der Waals surface area contributed by atoms with Gasteiger partial charge in [-0.15, -0.1) is 0 Å². The van der Waals surface area contributed by atoms with E-state index in [1.165, 1.54) is 11.1 Å². The second-order valence-corrected chi connectivity index (χ2v) is 4.87. The Balaban J connectivity index is 2.01. The highest BCUT2D eigenvalue weighted by atomic mass is 16.5. The number of hydrogen-bond acceptors (Lipinski definition) is 5. The van der Waals surface area contributed by atoms with Crippen LogP contribution in [0.15, 0.2) is 42.9 Å². The molecule has 0 aliphatic carbocycles. The molecule has 0 unspecified atom stereocenters. The quantitative estimate of drug-likeness (QED) is 0.751. The van der Waals surface area contributed by atoms with Gasteiger partial charge in [0.15, 0.2) is 0 Å². The Labute approximate surface area is 126 Å². The summed E-state index contributed by atoms with van der Waals surface area (Å²) in [6.07, 6.45) is 5.46. The highest BCUT2D eigenvalue weighted by molar-refractivity contribution is 5.46. The average Bonchev–Trinajstić information content (AvgIpc) is 2.53. The normalized spacial score (nSPS) is 10.6. The number of nitrogens with one attached hydrogen (secondary N) is 1. The summed E-state index contributed by atoms with van der Waals surface area (Å²) in [5.41, 5.74) is 2.40. The highest BCUT2D eigenvalue weighted by Gasteiger charge is 2.08. The molecule has 0 radical (unpaired) electrons. The number of hydrogen-bond donors (Lipinski definition) is 1. The molecule has 2 aromatic rings. The summed E-state index contributed by atoms with van der Waals surface area (Å²) in [6.45, 7) is 3.14. The predicted octanol–water partition coefficient (Wildman–Crippen LogP) is 1.85. The van der Waals surface area contributed by atoms with Crippen LogP contribution >= 0.6 is 0 Å². The maximum Gasteiger partial charge on any atom is 0.133 e. The van der Waals surface area contributed by atoms with Gasteiger partial charge in [0.1, 0.15) is 5.82 Å². The van der Waals surface area contributed by atoms with Gasteiger partial charge in [-0.1, -0.05) is 6.07 Å². The molecule has 0 atom stereocenters. The number of ether oxygens (including phenoxy) is 1. The third kappa shape index (κ3) is 4.81. The van der Waals surface area contributed by atoms with Crippen molar-refractivity contribution in [2.75, 3.05) is 32.2 Å². The maximum absolute atomic E-state index is 5.04. The molecule has 1 N–H and O–H groups in total. The predicted molar refractivity (Wildman–Crippen MR) is 84.2 cm³/mol. The Hall–Kier alpha value is -1.98. The molecule has 0 bridgehead atoms. The monoisotopic (exact) mass is 286 g/mol. The van der Waals surface area contributed by atoms with Crippen LogP contribution in [-0.4, -0.2) is 37.3 Å². The topological polar surface area (TPSA) is 50.3 Å². The molecule has 21 heavy (non-hydrogen) atoms. The third-order valence-electron chi connectivity index (χ3n) is 3.20. The zero-order valence-corrected chi connectivity index (χ0v) is 12.6. The van der Waals surface area contributed by atoms with Gasteiger partial charge in [-0.2, -0.15) is 0 Å². The number of aromatic nitrogens is 2. The Morgan fingerprint density at radius 1 is 1.19 bits per heavy atom. The summed E-state index contributed by atoms with van der Waals surface area (Å²) in [7, 11) is 3.76. The van der Waals surface area contributed by atoms with Crippen LogP contribution in [0.4, 0.5) is 5.82 Å². The molecule has 0 amide bonds. The minimum absolute atomic E-state index is 0.711. The van der Waals surface area contributed by atoms with Crippen LogP contribution < -0.4 is 10.2 Å². The molecule has 5 heteroatoms. The van der Waals surface area contributed by atoms with E-state index in [4.69, 9.17) is 4.74 Å². The fourth-order valence-corrected chi connectivity index (χ4v) is 2.15. The first-order valence-corrected chi connectivity index (χ1v) is 7.05. The molecule has 0 aliphatic rings. The summed E-state index contributed by atoms with van der Waals surface area (Å²) in [6, 6.07) is 8.12. The van der Waals surface area contributed by atoms with Crippen molar-refractivity contribution >= 4 is 5.82 Å². The van der Waals surface area contributed by atoms with Crippen LogP contribution in [0.3, 0.4) is 0 Å². The van der Waals surface area contributed by atoms with Crippen molar-refractivity contribution < 1.29 is 4.74 Å². The molecule has 0 spiro atoms. The van der Waals surface area contributed by atoms with E-state index in [2.05, 4.69) is 33.3 Å². The molecular formula is C16H22N4O. The zero-order valence-electron chi connectivity index (χ0n) is 12.6. The number of rotatable bonds is 8. The molecule has 112 valence electrons. The Bertz CT molecular complexity index is 533. The van der Waals surface area contributed by atoms with E-state index in [-0.39, 0.29) is 0 Å². The third-order valence-corrected chi connectivity index (χ3v) is 3.20. The van der Waals surface area contributed by atoms with Gasteiger partial charge in [0, 0.05) is 57.9 Å². The van der Waals surface area contributed by atoms with Gasteiger partial charge < -0.3 is 15.0 Å². The molecule has 2 rings (SSSR count). The molecule has 0 aromatic carbocycles. The van der Waals surface area contributed by atoms with Gasteiger partial charge in [-0.3, -0.25) is 4.98 Å². The summed E-state index contributed by atoms with van der Waals surface area (Å²) in [4.78, 5) is 10.7. The summed E-state index contributed by atoms with van der Waals surface area (Å²) >= 11 is 0. The van der Waals surface area contributed by atoms with Crippen molar-refractivity contribution in [2.24, 2.45) is 0 Å². The van der Waals surface area contributed by atoms with Gasteiger partial charge in [0.25, 0.3) is 0 Å². The molecule has 0 aliphatic heterocycles. The van der Waals surface area contributed by atoms with Gasteiger partial charge in [-0.05, 0) is 23.8 Å². The first-order chi connectivity index (χ1) is 10.3. The van der Waals surface area contributed by atoms with Gasteiger partial charge in [-0.25, -0.2) is 4.98 Å². The minimum Gasteiger partial charge on any atom is -0.383 e. The SMILES string of the molecule is COCCNCc1cccnc1N(C)Cc1ccncc1. The highest BCUT2D eigenvalue weighted by Crippen LogP contribution is 2.17. The van der Waals surface area contributed by atoms with Crippen molar-refractivity contribution in [1.29, 1.82) is 0 Å². The lowest BCUT2D eigenvalue weighted by Crippen LogP contribution is -2.23. The van der Waals surface area contributed by atoms with Crippen molar-refractivity contribution in [3.8, 4) is 0 Å². The van der Waals surface area contributed by atoms with Crippen LogP contribution in [0.2, 0.25) is 0 Å². The second-order valence-electron chi connectivity index (χ2n) is 4.87. The van der Waals surface area contributed by atoms with Crippen LogP contribution in [0.1, 0.15) is 11.1 Å². The molecule has 2 heterocycles. The first kappa shape index (κ1) is 15.4. The van der Waals surface area contributed by atoms with Gasteiger partial charge in [0.2, 0.25) is 0 Å². The van der Waals surface area contributed by atoms with E-state index < -0.39 is 0 Å².